The molecule has 0 aromatic heterocycles. The molecule has 0 unspecified atom stereocenters. The van der Waals surface area contributed by atoms with Gasteiger partial charge in [-0.15, -0.1) is 0 Å². The van der Waals surface area contributed by atoms with Crippen LogP contribution in [0, 0.1) is 18.6 Å². The van der Waals surface area contributed by atoms with Crippen molar-refractivity contribution in [2.24, 2.45) is 5.73 Å². The average Bonchev–Trinajstić information content (AvgIpc) is 2.38. The molecule has 2 nitrogen and oxygen atoms in total. The van der Waals surface area contributed by atoms with Gasteiger partial charge in [0.15, 0.2) is 23.1 Å². The minimum atomic E-state index is -0.521. The molecule has 0 aliphatic rings. The summed E-state index contributed by atoms with van der Waals surface area (Å²) in [7, 11) is 0. The number of hydrogen-bond donors (Lipinski definition) is 1. The van der Waals surface area contributed by atoms with Crippen molar-refractivity contribution in [3.63, 3.8) is 0 Å². The Balaban J connectivity index is 2.26. The predicted octanol–water partition coefficient (Wildman–Crippen LogP) is 3.57. The molecule has 2 aromatic carbocycles. The molecule has 4 heteroatoms. The highest BCUT2D eigenvalue weighted by Crippen LogP contribution is 2.28. The monoisotopic (exact) mass is 263 g/mol. The van der Waals surface area contributed by atoms with Gasteiger partial charge in [-0.1, -0.05) is 18.2 Å². The van der Waals surface area contributed by atoms with Crippen LogP contribution in [-0.4, -0.2) is 6.54 Å². The quantitative estimate of drug-likeness (QED) is 0.915. The van der Waals surface area contributed by atoms with E-state index in [1.165, 1.54) is 18.2 Å². The van der Waals surface area contributed by atoms with Crippen molar-refractivity contribution in [3.8, 4) is 11.5 Å². The summed E-state index contributed by atoms with van der Waals surface area (Å²) in [5, 5.41) is 0. The molecule has 2 N–H and O–H groups in total. The van der Waals surface area contributed by atoms with Gasteiger partial charge >= 0.3 is 0 Å². The Labute approximate surface area is 110 Å². The van der Waals surface area contributed by atoms with Crippen LogP contribution in [0.2, 0.25) is 0 Å². The Hall–Kier alpha value is -1.94. The molecule has 0 saturated heterocycles. The van der Waals surface area contributed by atoms with E-state index in [0.29, 0.717) is 18.5 Å². The Bertz CT molecular complexity index is 584. The van der Waals surface area contributed by atoms with Crippen molar-refractivity contribution >= 4 is 0 Å². The number of ether oxygens (including phenoxy) is 1. The van der Waals surface area contributed by atoms with Crippen LogP contribution in [0.3, 0.4) is 0 Å². The maximum atomic E-state index is 13.8. The van der Waals surface area contributed by atoms with E-state index in [2.05, 4.69) is 0 Å². The maximum Gasteiger partial charge on any atom is 0.168 e. The molecule has 100 valence electrons. The minimum Gasteiger partial charge on any atom is -0.451 e. The molecule has 19 heavy (non-hydrogen) atoms. The lowest BCUT2D eigenvalue weighted by Gasteiger charge is -2.10. The maximum absolute atomic E-state index is 13.8. The van der Waals surface area contributed by atoms with Crippen molar-refractivity contribution in [1.82, 2.24) is 0 Å². The average molecular weight is 263 g/mol. The summed E-state index contributed by atoms with van der Waals surface area (Å²) in [4.78, 5) is 0. The van der Waals surface area contributed by atoms with Crippen molar-refractivity contribution in [2.45, 2.75) is 13.3 Å². The van der Waals surface area contributed by atoms with E-state index in [1.54, 1.807) is 25.1 Å². The molecule has 0 aliphatic heterocycles. The lowest BCUT2D eigenvalue weighted by atomic mass is 10.1. The number of hydrogen-bond acceptors (Lipinski definition) is 2. The summed E-state index contributed by atoms with van der Waals surface area (Å²) in [6, 6.07) is 9.32. The van der Waals surface area contributed by atoms with Crippen molar-refractivity contribution in [3.05, 3.63) is 59.2 Å². The highest BCUT2D eigenvalue weighted by molar-refractivity contribution is 5.37. The molecule has 2 aromatic rings. The van der Waals surface area contributed by atoms with Crippen molar-refractivity contribution < 1.29 is 13.5 Å². The fraction of sp³-hybridized carbons (Fsp3) is 0.200. The van der Waals surface area contributed by atoms with E-state index in [-0.39, 0.29) is 11.5 Å². The fourth-order valence-electron chi connectivity index (χ4n) is 1.77. The molecule has 0 aliphatic carbocycles. The van der Waals surface area contributed by atoms with Crippen LogP contribution >= 0.6 is 0 Å². The molecule has 0 bridgehead atoms. The summed E-state index contributed by atoms with van der Waals surface area (Å²) in [6.07, 6.45) is 0.593. The second-order valence-electron chi connectivity index (χ2n) is 4.29. The van der Waals surface area contributed by atoms with E-state index in [0.717, 1.165) is 5.56 Å². The molecular weight excluding hydrogens is 248 g/mol. The third-order valence-electron chi connectivity index (χ3n) is 2.81. The number of nitrogens with two attached hydrogens (primary N) is 1. The molecule has 0 atom stereocenters. The summed E-state index contributed by atoms with van der Waals surface area (Å²) < 4.78 is 32.8. The standard InChI is InChI=1S/C15H15F2NO/c1-10-3-2-4-14(15(10)17)19-13-6-5-11(7-8-18)9-12(13)16/h2-6,9H,7-8,18H2,1H3. The molecule has 2 rings (SSSR count). The van der Waals surface area contributed by atoms with Crippen LogP contribution in [0.1, 0.15) is 11.1 Å². The molecule has 0 spiro atoms. The summed E-state index contributed by atoms with van der Waals surface area (Å²) >= 11 is 0. The van der Waals surface area contributed by atoms with Gasteiger partial charge in [-0.25, -0.2) is 8.78 Å². The van der Waals surface area contributed by atoms with Crippen molar-refractivity contribution in [2.75, 3.05) is 6.54 Å². The van der Waals surface area contributed by atoms with Gasteiger partial charge in [-0.05, 0) is 49.2 Å². The van der Waals surface area contributed by atoms with E-state index in [9.17, 15) is 8.78 Å². The van der Waals surface area contributed by atoms with Crippen molar-refractivity contribution in [1.29, 1.82) is 0 Å². The highest BCUT2D eigenvalue weighted by atomic mass is 19.1. The molecule has 0 saturated carbocycles. The molecule has 0 heterocycles. The van der Waals surface area contributed by atoms with E-state index < -0.39 is 11.6 Å². The first kappa shape index (κ1) is 13.5. The van der Waals surface area contributed by atoms with Gasteiger partial charge in [0, 0.05) is 0 Å². The lowest BCUT2D eigenvalue weighted by Crippen LogP contribution is -2.03. The number of aryl methyl sites for hydroxylation is 1. The van der Waals surface area contributed by atoms with E-state index in [4.69, 9.17) is 10.5 Å². The number of rotatable bonds is 4. The zero-order valence-corrected chi connectivity index (χ0v) is 10.6. The van der Waals surface area contributed by atoms with Crippen LogP contribution in [0.15, 0.2) is 36.4 Å². The first-order chi connectivity index (χ1) is 9.11. The normalized spacial score (nSPS) is 10.5. The SMILES string of the molecule is Cc1cccc(Oc2ccc(CCN)cc2F)c1F. The van der Waals surface area contributed by atoms with E-state index in [1.807, 2.05) is 0 Å². The van der Waals surface area contributed by atoms with Gasteiger partial charge < -0.3 is 10.5 Å². The fourth-order valence-corrected chi connectivity index (χ4v) is 1.77. The third kappa shape index (κ3) is 3.09. The van der Waals surface area contributed by atoms with Crippen LogP contribution in [0.5, 0.6) is 11.5 Å². The topological polar surface area (TPSA) is 35.2 Å². The van der Waals surface area contributed by atoms with Gasteiger partial charge in [0.2, 0.25) is 0 Å². The Morgan fingerprint density at radius 1 is 1.11 bits per heavy atom. The van der Waals surface area contributed by atoms with Crippen LogP contribution in [-0.2, 0) is 6.42 Å². The Kier molecular flexibility index (Phi) is 4.12. The van der Waals surface area contributed by atoms with Gasteiger partial charge in [0.25, 0.3) is 0 Å². The Morgan fingerprint density at radius 2 is 1.89 bits per heavy atom. The van der Waals surface area contributed by atoms with Gasteiger partial charge in [-0.3, -0.25) is 0 Å². The Morgan fingerprint density at radius 3 is 2.58 bits per heavy atom. The van der Waals surface area contributed by atoms with Gasteiger partial charge in [-0.2, -0.15) is 0 Å². The third-order valence-corrected chi connectivity index (χ3v) is 2.81. The second kappa shape index (κ2) is 5.80. The van der Waals surface area contributed by atoms with Gasteiger partial charge in [0.05, 0.1) is 0 Å². The lowest BCUT2D eigenvalue weighted by molar-refractivity contribution is 0.413. The number of halogens is 2. The first-order valence-corrected chi connectivity index (χ1v) is 6.03. The minimum absolute atomic E-state index is 0.00488. The molecule has 0 fully saturated rings. The van der Waals surface area contributed by atoms with Gasteiger partial charge in [0.1, 0.15) is 0 Å². The van der Waals surface area contributed by atoms with Crippen LogP contribution < -0.4 is 10.5 Å². The summed E-state index contributed by atoms with van der Waals surface area (Å²) in [5.74, 6) is -0.976. The number of benzene rings is 2. The highest BCUT2D eigenvalue weighted by Gasteiger charge is 2.10. The zero-order chi connectivity index (χ0) is 13.8. The molecular formula is C15H15F2NO. The summed E-state index contributed by atoms with van der Waals surface area (Å²) in [5.41, 5.74) is 6.65. The predicted molar refractivity (Wildman–Crippen MR) is 70.4 cm³/mol. The van der Waals surface area contributed by atoms with E-state index >= 15 is 0 Å². The second-order valence-corrected chi connectivity index (χ2v) is 4.29. The largest absolute Gasteiger partial charge is 0.451 e. The van der Waals surface area contributed by atoms with Crippen LogP contribution in [0.25, 0.3) is 0 Å². The summed E-state index contributed by atoms with van der Waals surface area (Å²) in [6.45, 7) is 2.08. The molecule has 0 radical (unpaired) electrons. The molecule has 0 amide bonds. The van der Waals surface area contributed by atoms with Crippen LogP contribution in [0.4, 0.5) is 8.78 Å². The zero-order valence-electron chi connectivity index (χ0n) is 10.6. The smallest absolute Gasteiger partial charge is 0.168 e. The first-order valence-electron chi connectivity index (χ1n) is 6.03.